The van der Waals surface area contributed by atoms with Crippen LogP contribution in [0.5, 0.6) is 5.88 Å². The third-order valence-corrected chi connectivity index (χ3v) is 13.5. The minimum atomic E-state index is -6.03. The van der Waals surface area contributed by atoms with Gasteiger partial charge in [0.25, 0.3) is 11.4 Å². The number of nitrogens with two attached hydrogens (primary N) is 2. The number of aldehydes is 1. The molecule has 0 aromatic carbocycles. The summed E-state index contributed by atoms with van der Waals surface area (Å²) in [5.41, 5.74) is 10.7. The van der Waals surface area contributed by atoms with Crippen molar-refractivity contribution in [3.05, 3.63) is 23.0 Å². The molecule has 7 heterocycles. The van der Waals surface area contributed by atoms with Crippen LogP contribution in [0.15, 0.2) is 17.4 Å². The second-order valence-electron chi connectivity index (χ2n) is 13.3. The highest BCUT2D eigenvalue weighted by molar-refractivity contribution is 7.66. The largest absolute Gasteiger partial charge is 0.490 e. The number of nitrogens with zero attached hydrogens (tertiary/aromatic N) is 8. The molecule has 0 amide bonds. The molecule has 12 N–H and O–H groups in total. The Morgan fingerprint density at radius 2 is 1.59 bits per heavy atom. The molecule has 324 valence electrons. The molecule has 3 fully saturated rings. The fourth-order valence-corrected chi connectivity index (χ4v) is 10.1. The van der Waals surface area contributed by atoms with Crippen molar-refractivity contribution in [1.29, 1.82) is 0 Å². The van der Waals surface area contributed by atoms with Crippen molar-refractivity contribution in [3.63, 3.8) is 0 Å². The van der Waals surface area contributed by atoms with Crippen molar-refractivity contribution < 1.29 is 90.1 Å². The zero-order valence-electron chi connectivity index (χ0n) is 30.1. The van der Waals surface area contributed by atoms with Gasteiger partial charge in [0, 0.05) is 6.54 Å². The lowest BCUT2D eigenvalue weighted by Gasteiger charge is -2.21. The van der Waals surface area contributed by atoms with Crippen molar-refractivity contribution in [1.82, 2.24) is 39.1 Å². The Balaban J connectivity index is 0.954. The number of carbonyl (C=O) groups excluding carboxylic acids is 1. The summed E-state index contributed by atoms with van der Waals surface area (Å²) in [7, 11) is -15.9. The number of hydrogen-bond donors (Lipinski definition) is 10. The highest BCUT2D eigenvalue weighted by Crippen LogP contribution is 2.68. The van der Waals surface area contributed by atoms with Gasteiger partial charge in [-0.05, 0) is 12.8 Å². The van der Waals surface area contributed by atoms with E-state index in [1.165, 1.54) is 20.5 Å². The number of carbonyl (C=O) groups is 1. The van der Waals surface area contributed by atoms with E-state index in [1.807, 2.05) is 0 Å². The number of aliphatic hydroxyl groups excluding tert-OH is 4. The van der Waals surface area contributed by atoms with Gasteiger partial charge in [-0.2, -0.15) is 18.6 Å². The molecule has 4 aromatic heterocycles. The number of phosphoric acid groups is 3. The fraction of sp³-hybridized carbons (Fsp3) is 0.577. The molecule has 59 heavy (non-hydrogen) atoms. The van der Waals surface area contributed by atoms with E-state index in [0.29, 0.717) is 19.4 Å². The molecule has 12 atom stereocenters. The number of hydrogen-bond acceptors (Lipinski definition) is 23. The number of hydroxylamine groups is 2. The predicted molar refractivity (Wildman–Crippen MR) is 187 cm³/mol. The Labute approximate surface area is 328 Å². The van der Waals surface area contributed by atoms with Gasteiger partial charge in [0.05, 0.1) is 26.6 Å². The van der Waals surface area contributed by atoms with Gasteiger partial charge in [-0.15, -0.1) is 5.06 Å². The molecule has 3 aliphatic rings. The van der Waals surface area contributed by atoms with Gasteiger partial charge in [-0.25, -0.2) is 23.2 Å². The molecule has 0 bridgehead atoms. The second-order valence-corrected chi connectivity index (χ2v) is 17.9. The van der Waals surface area contributed by atoms with Crippen LogP contribution >= 0.6 is 23.5 Å². The summed E-state index contributed by atoms with van der Waals surface area (Å²) in [5.74, 6) is -0.620. The third kappa shape index (κ3) is 8.81. The van der Waals surface area contributed by atoms with E-state index in [1.54, 1.807) is 7.05 Å². The number of aromatic amines is 1. The van der Waals surface area contributed by atoms with Crippen LogP contribution in [0.4, 0.5) is 11.9 Å². The number of anilines is 2. The van der Waals surface area contributed by atoms with Gasteiger partial charge in [-0.1, -0.05) is 4.98 Å². The van der Waals surface area contributed by atoms with E-state index < -0.39 is 97.4 Å². The van der Waals surface area contributed by atoms with Crippen LogP contribution in [0.3, 0.4) is 0 Å². The number of nitrogens with one attached hydrogen (secondary N) is 1. The molecule has 0 saturated carbocycles. The summed E-state index contributed by atoms with van der Waals surface area (Å²) < 4.78 is 70.2. The van der Waals surface area contributed by atoms with Crippen LogP contribution in [-0.4, -0.2) is 143 Å². The fourth-order valence-electron chi connectivity index (χ4n) is 6.58. The van der Waals surface area contributed by atoms with Gasteiger partial charge in [0.15, 0.2) is 23.7 Å². The first-order chi connectivity index (χ1) is 27.7. The summed E-state index contributed by atoms with van der Waals surface area (Å²) in [4.78, 5) is 78.1. The Morgan fingerprint density at radius 3 is 2.25 bits per heavy atom. The average Bonchev–Trinajstić information content (AvgIpc) is 3.95. The molecule has 30 nitrogen and oxygen atoms in total. The van der Waals surface area contributed by atoms with Crippen molar-refractivity contribution >= 4 is 64.0 Å². The molecular weight excluding hydrogens is 863 g/mol. The molecule has 4 aromatic rings. The van der Waals surface area contributed by atoms with Gasteiger partial charge >= 0.3 is 35.1 Å². The lowest BCUT2D eigenvalue weighted by molar-refractivity contribution is -0.745. The predicted octanol–water partition coefficient (Wildman–Crippen LogP) is -3.88. The number of aromatic nitrogens is 8. The maximum absolute atomic E-state index is 12.7. The molecule has 5 unspecified atom stereocenters. The lowest BCUT2D eigenvalue weighted by Crippen LogP contribution is -2.46. The van der Waals surface area contributed by atoms with Crippen LogP contribution in [0.1, 0.15) is 25.3 Å². The number of ether oxygens (including phenoxy) is 2. The van der Waals surface area contributed by atoms with Crippen LogP contribution in [-0.2, 0) is 52.7 Å². The van der Waals surface area contributed by atoms with Crippen molar-refractivity contribution in [2.45, 2.75) is 68.0 Å². The zero-order valence-corrected chi connectivity index (χ0v) is 32.8. The third-order valence-electron chi connectivity index (χ3n) is 9.24. The molecular formula is C26H37N11O19P3+. The number of phosphoric ester groups is 2. The number of aliphatic hydroxyl groups is 4. The Morgan fingerprint density at radius 1 is 0.949 bits per heavy atom. The average molecular weight is 901 g/mol. The van der Waals surface area contributed by atoms with Crippen molar-refractivity contribution in [2.75, 3.05) is 31.2 Å². The Hall–Kier alpha value is -3.90. The number of imidazole rings is 2. The first-order valence-corrected chi connectivity index (χ1v) is 21.6. The monoisotopic (exact) mass is 900 g/mol. The van der Waals surface area contributed by atoms with Crippen LogP contribution < -0.4 is 26.4 Å². The topological polar surface area (TPSA) is 428 Å². The second kappa shape index (κ2) is 16.2. The van der Waals surface area contributed by atoms with Gasteiger partial charge in [0.1, 0.15) is 49.0 Å². The minimum Gasteiger partial charge on any atom is -0.387 e. The van der Waals surface area contributed by atoms with E-state index in [4.69, 9.17) is 25.8 Å². The normalized spacial score (nSPS) is 30.7. The summed E-state index contributed by atoms with van der Waals surface area (Å²) >= 11 is 0. The maximum atomic E-state index is 12.7. The summed E-state index contributed by atoms with van der Waals surface area (Å²) in [6.45, 7) is -1.76. The Kier molecular flexibility index (Phi) is 11.8. The smallest absolute Gasteiger partial charge is 0.387 e. The molecule has 3 aliphatic heterocycles. The van der Waals surface area contributed by atoms with Crippen molar-refractivity contribution in [2.24, 2.45) is 7.05 Å². The summed E-state index contributed by atoms with van der Waals surface area (Å²) in [5, 5.41) is 44.1. The molecule has 33 heteroatoms. The van der Waals surface area contributed by atoms with Crippen LogP contribution in [0.25, 0.3) is 22.3 Å². The highest BCUT2D eigenvalue weighted by Gasteiger charge is 2.50. The standard InChI is InChI=1S/C26H36N11O19P3/c1-34-9-36(20-14(34)22(33-26(28)31-20)54-37-4-2-3-10(37)5-38)24-18(42)16(40)12(53-24)7-51-58(46,47)56-59(48,49)55-57(44,45)50-6-11-15(39)17(41)23(52-11)35-8-29-13-19(35)30-25(27)32-21(13)43/h5,8-12,15-18,23-24,39-42H,2-4,6-7H2,1H3,(H7-,27,28,30,31,32,33,43,44,45,46,47,48,49)/p+1/t10-,11+,12+,15-,16-,17?,18?,23+,24+/m0/s1. The quantitative estimate of drug-likeness (QED) is 0.0310. The number of H-pyrrole nitrogens is 1. The zero-order chi connectivity index (χ0) is 42.8. The lowest BCUT2D eigenvalue weighted by atomic mass is 10.1. The SMILES string of the molecule is Cn1c[n+]([C@@H]2O[C@H](COP(=O)(O)OP(=O)(O)OP(=O)(O)OC[C@H]3O[C@@H](n4cnc5c(=O)[nH]c(N)nc54)C(O)[C@H]3O)[C@H](O)C2O)c2nc(N)nc(ON3CCC[C@H]3C=O)c21. The van der Waals surface area contributed by atoms with E-state index in [-0.39, 0.29) is 40.1 Å². The molecule has 7 rings (SSSR count). The summed E-state index contributed by atoms with van der Waals surface area (Å²) in [6, 6.07) is -0.535. The first kappa shape index (κ1) is 43.2. The highest BCUT2D eigenvalue weighted by atomic mass is 31.3. The summed E-state index contributed by atoms with van der Waals surface area (Å²) in [6.07, 6.45) is -9.00. The molecule has 0 radical (unpaired) electrons. The maximum Gasteiger partial charge on any atom is 0.490 e. The van der Waals surface area contributed by atoms with Crippen molar-refractivity contribution in [3.8, 4) is 5.88 Å². The molecule has 0 aliphatic carbocycles. The number of fused-ring (bicyclic) bond motifs is 2. The first-order valence-electron chi connectivity index (χ1n) is 17.1. The number of aryl methyl sites for hydroxylation is 1. The number of rotatable bonds is 15. The van der Waals surface area contributed by atoms with E-state index >= 15 is 0 Å². The Bertz CT molecular complexity index is 2450. The van der Waals surface area contributed by atoms with Crippen LogP contribution in [0.2, 0.25) is 0 Å². The van der Waals surface area contributed by atoms with E-state index in [2.05, 4.69) is 42.6 Å². The number of nitrogen functional groups attached to an aromatic ring is 2. The minimum absolute atomic E-state index is 0.0392. The van der Waals surface area contributed by atoms with Gasteiger partial charge in [0.2, 0.25) is 17.7 Å². The molecule has 3 saturated heterocycles. The van der Waals surface area contributed by atoms with Gasteiger partial charge < -0.3 is 65.7 Å². The van der Waals surface area contributed by atoms with Gasteiger partial charge in [-0.3, -0.25) is 28.0 Å². The van der Waals surface area contributed by atoms with E-state index in [9.17, 15) is 58.4 Å². The molecule has 0 spiro atoms. The van der Waals surface area contributed by atoms with E-state index in [0.717, 1.165) is 17.2 Å². The van der Waals surface area contributed by atoms with Crippen LogP contribution in [0, 0.1) is 0 Å².